The van der Waals surface area contributed by atoms with E-state index in [0.717, 1.165) is 38.2 Å². The van der Waals surface area contributed by atoms with E-state index in [-0.39, 0.29) is 0 Å². The third kappa shape index (κ3) is 3.72. The van der Waals surface area contributed by atoms with E-state index in [1.54, 1.807) is 0 Å². The van der Waals surface area contributed by atoms with Gasteiger partial charge in [0.05, 0.1) is 17.3 Å². The number of hydrogen-bond acceptors (Lipinski definition) is 5. The molecule has 1 aliphatic heterocycles. The Bertz CT molecular complexity index is 1060. The Morgan fingerprint density at radius 3 is 2.79 bits per heavy atom. The summed E-state index contributed by atoms with van der Waals surface area (Å²) in [4.78, 5) is 11.9. The van der Waals surface area contributed by atoms with Crippen molar-refractivity contribution in [2.45, 2.75) is 25.4 Å². The first-order valence-corrected chi connectivity index (χ1v) is 10.1. The molecule has 5 nitrogen and oxygen atoms in total. The number of hydrogen-bond donors (Lipinski definition) is 1. The maximum absolute atomic E-state index is 9.12. The molecule has 0 saturated carbocycles. The lowest BCUT2D eigenvalue weighted by Crippen LogP contribution is -2.21. The average Bonchev–Trinajstić information content (AvgIpc) is 3.30. The molecular weight excluding hydrogens is 358 g/mol. The van der Waals surface area contributed by atoms with Crippen LogP contribution in [0.2, 0.25) is 0 Å². The van der Waals surface area contributed by atoms with Crippen LogP contribution in [-0.4, -0.2) is 28.0 Å². The fraction of sp³-hybridized carbons (Fsp3) is 0.292. The first kappa shape index (κ1) is 17.8. The molecule has 2 aromatic carbocycles. The SMILES string of the molecule is N#Cc1cccc(CN2C[C@H]3Cc4cnc(NCc5ccccc5)nc4[C@@H]3C2)c1. The predicted octanol–water partition coefficient (Wildman–Crippen LogP) is 3.73. The van der Waals surface area contributed by atoms with Gasteiger partial charge in [-0.05, 0) is 41.2 Å². The summed E-state index contributed by atoms with van der Waals surface area (Å²) in [5.74, 6) is 1.81. The maximum Gasteiger partial charge on any atom is 0.223 e. The highest BCUT2D eigenvalue weighted by atomic mass is 15.2. The molecule has 2 heterocycles. The fourth-order valence-electron chi connectivity index (χ4n) is 4.65. The van der Waals surface area contributed by atoms with Crippen molar-refractivity contribution in [3.8, 4) is 6.07 Å². The van der Waals surface area contributed by atoms with E-state index in [1.807, 2.05) is 42.6 Å². The second kappa shape index (κ2) is 7.65. The van der Waals surface area contributed by atoms with Gasteiger partial charge in [0.15, 0.2) is 0 Å². The van der Waals surface area contributed by atoms with E-state index in [0.29, 0.717) is 17.8 Å². The largest absolute Gasteiger partial charge is 0.350 e. The molecule has 29 heavy (non-hydrogen) atoms. The Balaban J connectivity index is 1.27. The van der Waals surface area contributed by atoms with Gasteiger partial charge in [-0.3, -0.25) is 4.90 Å². The zero-order chi connectivity index (χ0) is 19.6. The van der Waals surface area contributed by atoms with Crippen molar-refractivity contribution in [3.05, 3.63) is 88.7 Å². The number of nitrogens with zero attached hydrogens (tertiary/aromatic N) is 4. The van der Waals surface area contributed by atoms with Gasteiger partial charge in [0.2, 0.25) is 5.95 Å². The van der Waals surface area contributed by atoms with Crippen LogP contribution in [0.4, 0.5) is 5.95 Å². The van der Waals surface area contributed by atoms with Crippen molar-refractivity contribution >= 4 is 5.95 Å². The molecule has 3 aromatic rings. The maximum atomic E-state index is 9.12. The van der Waals surface area contributed by atoms with Crippen molar-refractivity contribution in [3.63, 3.8) is 0 Å². The van der Waals surface area contributed by atoms with Gasteiger partial charge in [-0.1, -0.05) is 42.5 Å². The number of rotatable bonds is 5. The van der Waals surface area contributed by atoms with Crippen LogP contribution >= 0.6 is 0 Å². The van der Waals surface area contributed by atoms with E-state index in [1.165, 1.54) is 22.4 Å². The summed E-state index contributed by atoms with van der Waals surface area (Å²) < 4.78 is 0. The molecule has 2 aliphatic rings. The summed E-state index contributed by atoms with van der Waals surface area (Å²) in [5, 5.41) is 12.5. The van der Waals surface area contributed by atoms with Gasteiger partial charge in [-0.2, -0.15) is 5.26 Å². The van der Waals surface area contributed by atoms with Crippen molar-refractivity contribution in [2.75, 3.05) is 18.4 Å². The van der Waals surface area contributed by atoms with Crippen LogP contribution in [0.1, 0.15) is 33.9 Å². The molecule has 1 aliphatic carbocycles. The highest BCUT2D eigenvalue weighted by molar-refractivity contribution is 5.38. The Hall–Kier alpha value is -3.23. The second-order valence-corrected chi connectivity index (χ2v) is 8.02. The summed E-state index contributed by atoms with van der Waals surface area (Å²) in [6.45, 7) is 3.71. The topological polar surface area (TPSA) is 64.8 Å². The zero-order valence-corrected chi connectivity index (χ0v) is 16.3. The van der Waals surface area contributed by atoms with E-state index in [9.17, 15) is 0 Å². The molecule has 1 fully saturated rings. The van der Waals surface area contributed by atoms with Gasteiger partial charge < -0.3 is 5.32 Å². The summed E-state index contributed by atoms with van der Waals surface area (Å²) in [7, 11) is 0. The zero-order valence-electron chi connectivity index (χ0n) is 16.3. The molecule has 0 unspecified atom stereocenters. The minimum Gasteiger partial charge on any atom is -0.350 e. The molecule has 1 saturated heterocycles. The number of likely N-dealkylation sites (tertiary alicyclic amines) is 1. The normalized spacial score (nSPS) is 20.1. The first-order valence-electron chi connectivity index (χ1n) is 10.1. The van der Waals surface area contributed by atoms with Crippen molar-refractivity contribution in [1.82, 2.24) is 14.9 Å². The Morgan fingerprint density at radius 2 is 1.93 bits per heavy atom. The fourth-order valence-corrected chi connectivity index (χ4v) is 4.65. The third-order valence-electron chi connectivity index (χ3n) is 6.00. The van der Waals surface area contributed by atoms with Crippen LogP contribution in [0.3, 0.4) is 0 Å². The number of benzene rings is 2. The summed E-state index contributed by atoms with van der Waals surface area (Å²) in [6, 6.07) is 20.5. The lowest BCUT2D eigenvalue weighted by atomic mass is 9.99. The highest BCUT2D eigenvalue weighted by Gasteiger charge is 2.41. The van der Waals surface area contributed by atoms with Crippen LogP contribution in [-0.2, 0) is 19.5 Å². The number of fused-ring (bicyclic) bond motifs is 3. The minimum atomic E-state index is 0.476. The van der Waals surface area contributed by atoms with Gasteiger partial charge in [0.1, 0.15) is 0 Å². The molecule has 5 rings (SSSR count). The van der Waals surface area contributed by atoms with E-state index in [2.05, 4.69) is 39.5 Å². The van der Waals surface area contributed by atoms with Gasteiger partial charge in [0, 0.05) is 38.3 Å². The second-order valence-electron chi connectivity index (χ2n) is 8.02. The van der Waals surface area contributed by atoms with Crippen molar-refractivity contribution in [1.29, 1.82) is 5.26 Å². The van der Waals surface area contributed by atoms with Gasteiger partial charge >= 0.3 is 0 Å². The molecule has 0 radical (unpaired) electrons. The molecular formula is C24H23N5. The molecule has 144 valence electrons. The van der Waals surface area contributed by atoms with Crippen molar-refractivity contribution < 1.29 is 0 Å². The Morgan fingerprint density at radius 1 is 1.07 bits per heavy atom. The van der Waals surface area contributed by atoms with Crippen LogP contribution in [0.5, 0.6) is 0 Å². The lowest BCUT2D eigenvalue weighted by molar-refractivity contribution is 0.313. The van der Waals surface area contributed by atoms with E-state index >= 15 is 0 Å². The number of nitrogens with one attached hydrogen (secondary N) is 1. The average molecular weight is 381 g/mol. The standard InChI is InChI=1S/C24H23N5/c25-11-18-7-4-8-19(9-18)14-29-15-21-10-20-13-27-24(28-23(20)22(21)16-29)26-12-17-5-2-1-3-6-17/h1-9,13,21-22H,10,12,14-16H2,(H,26,27,28)/t21-,22-/m1/s1. The number of anilines is 1. The summed E-state index contributed by atoms with van der Waals surface area (Å²) >= 11 is 0. The van der Waals surface area contributed by atoms with Gasteiger partial charge in [0.25, 0.3) is 0 Å². The smallest absolute Gasteiger partial charge is 0.223 e. The molecule has 0 bridgehead atoms. The number of nitriles is 1. The lowest BCUT2D eigenvalue weighted by Gasteiger charge is -2.17. The van der Waals surface area contributed by atoms with E-state index < -0.39 is 0 Å². The van der Waals surface area contributed by atoms with Crippen LogP contribution in [0.15, 0.2) is 60.8 Å². The van der Waals surface area contributed by atoms with Crippen LogP contribution in [0, 0.1) is 17.2 Å². The Labute approximate surface area is 171 Å². The molecule has 0 amide bonds. The molecule has 0 spiro atoms. The summed E-state index contributed by atoms with van der Waals surface area (Å²) in [5.41, 5.74) is 5.68. The van der Waals surface area contributed by atoms with Crippen molar-refractivity contribution in [2.24, 2.45) is 5.92 Å². The molecule has 1 aromatic heterocycles. The molecule has 1 N–H and O–H groups in total. The Kier molecular flexibility index (Phi) is 4.71. The van der Waals surface area contributed by atoms with Gasteiger partial charge in [-0.25, -0.2) is 9.97 Å². The van der Waals surface area contributed by atoms with Crippen LogP contribution < -0.4 is 5.32 Å². The highest BCUT2D eigenvalue weighted by Crippen LogP contribution is 2.42. The summed E-state index contributed by atoms with van der Waals surface area (Å²) in [6.07, 6.45) is 3.07. The van der Waals surface area contributed by atoms with Crippen LogP contribution in [0.25, 0.3) is 0 Å². The molecule has 2 atom stereocenters. The first-order chi connectivity index (χ1) is 14.3. The van der Waals surface area contributed by atoms with E-state index in [4.69, 9.17) is 10.2 Å². The van der Waals surface area contributed by atoms with Gasteiger partial charge in [-0.15, -0.1) is 0 Å². The molecule has 5 heteroatoms. The minimum absolute atomic E-state index is 0.476. The number of aromatic nitrogens is 2. The predicted molar refractivity (Wildman–Crippen MR) is 112 cm³/mol. The third-order valence-corrected chi connectivity index (χ3v) is 6.00. The monoisotopic (exact) mass is 381 g/mol. The quantitative estimate of drug-likeness (QED) is 0.729.